The molecule has 1 atom stereocenters. The lowest BCUT2D eigenvalue weighted by molar-refractivity contribution is -0.120. The lowest BCUT2D eigenvalue weighted by Crippen LogP contribution is -2.47. The third kappa shape index (κ3) is 22.6. The van der Waals surface area contributed by atoms with Crippen molar-refractivity contribution in [2.75, 3.05) is 41.0 Å². The van der Waals surface area contributed by atoms with Gasteiger partial charge in [0.1, 0.15) is 12.4 Å². The molecule has 1 heterocycles. The Balaban J connectivity index is 1.67. The van der Waals surface area contributed by atoms with Crippen LogP contribution >= 0.6 is 0 Å². The summed E-state index contributed by atoms with van der Waals surface area (Å²) in [7, 11) is 5.54. The number of benzene rings is 1. The van der Waals surface area contributed by atoms with E-state index in [1.165, 1.54) is 51.8 Å². The largest absolute Gasteiger partial charge is 0.463 e. The quantitative estimate of drug-likeness (QED) is 0.0420. The summed E-state index contributed by atoms with van der Waals surface area (Å²) in [6.07, 6.45) is 28.3. The van der Waals surface area contributed by atoms with E-state index in [0.29, 0.717) is 31.3 Å². The lowest BCUT2D eigenvalue weighted by atomic mass is 10.0. The van der Waals surface area contributed by atoms with Crippen LogP contribution in [0.4, 0.5) is 0 Å². The van der Waals surface area contributed by atoms with E-state index in [1.807, 2.05) is 0 Å². The smallest absolute Gasteiger partial charge is 0.292 e. The number of hydrogen-bond donors (Lipinski definition) is 3. The number of allylic oxidation sites excluding steroid dienone is 12. The summed E-state index contributed by atoms with van der Waals surface area (Å²) in [6, 6.07) is 8.68. The number of amidine groups is 1. The Hall–Kier alpha value is -4.34. The van der Waals surface area contributed by atoms with Gasteiger partial charge in [-0.15, -0.1) is 0 Å². The summed E-state index contributed by atoms with van der Waals surface area (Å²) in [5.74, 6) is 0.365. The number of aliphatic imine (C=N–C) groups is 1. The topological polar surface area (TPSA) is 104 Å². The molecular formula is C50H80N6O3. The van der Waals surface area contributed by atoms with Crippen molar-refractivity contribution in [1.82, 2.24) is 20.4 Å². The van der Waals surface area contributed by atoms with Crippen molar-refractivity contribution in [3.8, 4) is 0 Å². The Morgan fingerprint density at radius 1 is 0.729 bits per heavy atom. The van der Waals surface area contributed by atoms with Crippen LogP contribution in [0.25, 0.3) is 0 Å². The molecule has 1 aromatic rings. The standard InChI is InChI=1S/C50H80N6O3/c1-39(2)18-13-21-42(5)24-14-22-40(3)19-11-12-20-41(4)23-15-25-43(6)26-16-27-44(7)28-17-33-55(9)36-45-29-31-46(32-30-45)37-56(38-57)49-47(52-8)48(51)53-50(54-49)59-35-34-58-10/h18-20,24-25,27,29-32,38,49,52H,11-17,21-23,26,28,33-37,51H2,1-10H3,(H,53,54)/b40-19+,41-20+,42-24+,43-25+,44-27+. The van der Waals surface area contributed by atoms with Gasteiger partial charge in [0, 0.05) is 27.2 Å². The first-order valence-corrected chi connectivity index (χ1v) is 21.9. The fourth-order valence-corrected chi connectivity index (χ4v) is 6.89. The van der Waals surface area contributed by atoms with E-state index in [1.54, 1.807) is 19.1 Å². The molecule has 328 valence electrons. The highest BCUT2D eigenvalue weighted by molar-refractivity contribution is 5.77. The third-order valence-corrected chi connectivity index (χ3v) is 10.6. The molecule has 0 saturated carbocycles. The van der Waals surface area contributed by atoms with E-state index in [4.69, 9.17) is 15.2 Å². The van der Waals surface area contributed by atoms with Crippen LogP contribution in [0.15, 0.2) is 111 Å². The maximum atomic E-state index is 12.2. The van der Waals surface area contributed by atoms with Crippen LogP contribution in [0.3, 0.4) is 0 Å². The van der Waals surface area contributed by atoms with E-state index < -0.39 is 6.17 Å². The van der Waals surface area contributed by atoms with Crippen LogP contribution in [0.5, 0.6) is 0 Å². The zero-order valence-corrected chi connectivity index (χ0v) is 38.6. The molecule has 0 fully saturated rings. The van der Waals surface area contributed by atoms with Gasteiger partial charge in [-0.05, 0) is 150 Å². The van der Waals surface area contributed by atoms with Gasteiger partial charge in [-0.3, -0.25) is 10.1 Å². The molecule has 0 radical (unpaired) electrons. The molecular weight excluding hydrogens is 733 g/mol. The number of carbonyl (C=O) groups excluding carboxylic acids is 1. The number of hydrogen-bond acceptors (Lipinski definition) is 8. The number of unbranched alkanes of at least 4 members (excludes halogenated alkanes) is 1. The molecule has 2 rings (SSSR count). The highest BCUT2D eigenvalue weighted by Gasteiger charge is 2.28. The minimum absolute atomic E-state index is 0.257. The molecule has 1 aliphatic heterocycles. The summed E-state index contributed by atoms with van der Waals surface area (Å²) < 4.78 is 10.7. The number of nitrogens with zero attached hydrogens (tertiary/aromatic N) is 3. The summed E-state index contributed by atoms with van der Waals surface area (Å²) in [6.45, 7) is 18.7. The Kier molecular flexibility index (Phi) is 25.7. The van der Waals surface area contributed by atoms with Gasteiger partial charge in [-0.2, -0.15) is 0 Å². The summed E-state index contributed by atoms with van der Waals surface area (Å²) in [5.41, 5.74) is 18.0. The number of amides is 1. The van der Waals surface area contributed by atoms with Crippen LogP contribution in [0.1, 0.15) is 137 Å². The van der Waals surface area contributed by atoms with Crippen LogP contribution in [-0.4, -0.2) is 69.4 Å². The Bertz CT molecular complexity index is 1640. The first kappa shape index (κ1) is 50.8. The second kappa shape index (κ2) is 29.8. The zero-order chi connectivity index (χ0) is 43.4. The molecule has 9 nitrogen and oxygen atoms in total. The average molecular weight is 813 g/mol. The summed E-state index contributed by atoms with van der Waals surface area (Å²) in [4.78, 5) is 20.8. The second-order valence-electron chi connectivity index (χ2n) is 16.6. The fourth-order valence-electron chi connectivity index (χ4n) is 6.89. The van der Waals surface area contributed by atoms with Crippen molar-refractivity contribution in [3.05, 3.63) is 117 Å². The maximum absolute atomic E-state index is 12.2. The van der Waals surface area contributed by atoms with Gasteiger partial charge in [0.15, 0.2) is 6.17 Å². The van der Waals surface area contributed by atoms with Crippen molar-refractivity contribution < 1.29 is 14.3 Å². The monoisotopic (exact) mass is 813 g/mol. The molecule has 1 unspecified atom stereocenters. The molecule has 0 aliphatic carbocycles. The van der Waals surface area contributed by atoms with Crippen molar-refractivity contribution in [3.63, 3.8) is 0 Å². The molecule has 1 amide bonds. The van der Waals surface area contributed by atoms with Crippen molar-refractivity contribution >= 4 is 12.4 Å². The van der Waals surface area contributed by atoms with Gasteiger partial charge in [-0.1, -0.05) is 94.2 Å². The van der Waals surface area contributed by atoms with Crippen molar-refractivity contribution in [2.45, 2.75) is 145 Å². The first-order chi connectivity index (χ1) is 28.3. The van der Waals surface area contributed by atoms with Gasteiger partial charge in [0.2, 0.25) is 6.41 Å². The fraction of sp³-hybridized carbons (Fsp3) is 0.560. The van der Waals surface area contributed by atoms with Gasteiger partial charge in [0.25, 0.3) is 6.02 Å². The Morgan fingerprint density at radius 2 is 1.20 bits per heavy atom. The van der Waals surface area contributed by atoms with E-state index >= 15 is 0 Å². The predicted molar refractivity (Wildman–Crippen MR) is 250 cm³/mol. The average Bonchev–Trinajstić information content (AvgIpc) is 3.19. The molecule has 59 heavy (non-hydrogen) atoms. The predicted octanol–water partition coefficient (Wildman–Crippen LogP) is 10.8. The minimum atomic E-state index is -0.634. The number of methoxy groups -OCH3 is 1. The molecule has 0 aromatic heterocycles. The summed E-state index contributed by atoms with van der Waals surface area (Å²) >= 11 is 0. The van der Waals surface area contributed by atoms with E-state index in [-0.39, 0.29) is 6.02 Å². The Morgan fingerprint density at radius 3 is 1.68 bits per heavy atom. The van der Waals surface area contributed by atoms with Crippen LogP contribution in [0, 0.1) is 0 Å². The van der Waals surface area contributed by atoms with Gasteiger partial charge in [0.05, 0.1) is 12.3 Å². The number of rotatable bonds is 29. The highest BCUT2D eigenvalue weighted by atomic mass is 16.5. The second-order valence-corrected chi connectivity index (χ2v) is 16.6. The molecule has 0 spiro atoms. The van der Waals surface area contributed by atoms with E-state index in [9.17, 15) is 4.79 Å². The number of ether oxygens (including phenoxy) is 2. The molecule has 4 N–H and O–H groups in total. The number of nitrogens with two attached hydrogens (primary N) is 1. The lowest BCUT2D eigenvalue weighted by Gasteiger charge is -2.32. The van der Waals surface area contributed by atoms with Gasteiger partial charge >= 0.3 is 0 Å². The van der Waals surface area contributed by atoms with Crippen LogP contribution in [0.2, 0.25) is 0 Å². The Labute approximate surface area is 359 Å². The maximum Gasteiger partial charge on any atom is 0.292 e. The third-order valence-electron chi connectivity index (χ3n) is 10.6. The molecule has 1 aliphatic rings. The molecule has 0 saturated heterocycles. The normalized spacial score (nSPS) is 15.6. The van der Waals surface area contributed by atoms with Crippen LogP contribution < -0.4 is 16.4 Å². The summed E-state index contributed by atoms with van der Waals surface area (Å²) in [5, 5.41) is 6.02. The van der Waals surface area contributed by atoms with Gasteiger partial charge < -0.3 is 30.3 Å². The van der Waals surface area contributed by atoms with Crippen molar-refractivity contribution in [1.29, 1.82) is 0 Å². The number of carbonyl (C=O) groups is 1. The van der Waals surface area contributed by atoms with E-state index in [2.05, 4.69) is 137 Å². The zero-order valence-electron chi connectivity index (χ0n) is 38.6. The SMILES string of the molecule is CNC1=C(N)NC(OCCOC)=NC1N(C=O)Cc1ccc(CN(C)CCC/C(C)=C/CC/C(C)=C/CC/C(C)=C/CC/C=C(\C)CC/C=C(\C)CCC=C(C)C)cc1. The molecule has 1 aromatic carbocycles. The number of nitrogens with one attached hydrogen (secondary N) is 2. The van der Waals surface area contributed by atoms with Crippen LogP contribution in [-0.2, 0) is 27.4 Å². The van der Waals surface area contributed by atoms with Crippen molar-refractivity contribution in [2.24, 2.45) is 10.7 Å². The minimum Gasteiger partial charge on any atom is -0.463 e. The van der Waals surface area contributed by atoms with E-state index in [0.717, 1.165) is 89.3 Å². The molecule has 9 heteroatoms. The highest BCUT2D eigenvalue weighted by Crippen LogP contribution is 2.19. The molecule has 0 bridgehead atoms. The number of likely N-dealkylation sites (N-methyl/N-ethyl adjacent to an activating group) is 1. The first-order valence-electron chi connectivity index (χ1n) is 21.9. The van der Waals surface area contributed by atoms with Gasteiger partial charge in [-0.25, -0.2) is 4.99 Å².